The van der Waals surface area contributed by atoms with Gasteiger partial charge in [-0.15, -0.1) is 0 Å². The van der Waals surface area contributed by atoms with Crippen molar-refractivity contribution in [1.82, 2.24) is 20.1 Å². The maximum Gasteiger partial charge on any atom is 0.401 e. The minimum atomic E-state index is -4.20. The molecule has 1 aromatic heterocycles. The molecular formula is C35H48F3N5O2. The van der Waals surface area contributed by atoms with Gasteiger partial charge in [0.1, 0.15) is 0 Å². The second-order valence-corrected chi connectivity index (χ2v) is 12.9. The van der Waals surface area contributed by atoms with Crippen LogP contribution in [0.25, 0.3) is 0 Å². The first-order valence-corrected chi connectivity index (χ1v) is 16.1. The summed E-state index contributed by atoms with van der Waals surface area (Å²) in [6.07, 6.45) is 1.29. The molecule has 1 saturated carbocycles. The van der Waals surface area contributed by atoms with Crippen LogP contribution in [0.15, 0.2) is 23.0 Å². The average molecular weight is 628 g/mol. The van der Waals surface area contributed by atoms with Crippen LogP contribution in [0.5, 0.6) is 0 Å². The van der Waals surface area contributed by atoms with Crippen LogP contribution in [-0.4, -0.2) is 79.2 Å². The van der Waals surface area contributed by atoms with Crippen LogP contribution < -0.4 is 15.8 Å². The third-order valence-electron chi connectivity index (χ3n) is 9.44. The molecule has 1 aliphatic carbocycles. The van der Waals surface area contributed by atoms with Crippen LogP contribution in [0.1, 0.15) is 83.8 Å². The van der Waals surface area contributed by atoms with E-state index in [0.717, 1.165) is 54.7 Å². The van der Waals surface area contributed by atoms with E-state index >= 15 is 0 Å². The fourth-order valence-electron chi connectivity index (χ4n) is 6.86. The molecule has 2 aliphatic rings. The number of halogens is 3. The quantitative estimate of drug-likeness (QED) is 0.376. The molecule has 0 atom stereocenters. The van der Waals surface area contributed by atoms with E-state index in [2.05, 4.69) is 59.0 Å². The lowest BCUT2D eigenvalue weighted by molar-refractivity contribution is -0.148. The highest BCUT2D eigenvalue weighted by atomic mass is 19.4. The molecule has 0 bridgehead atoms. The molecule has 246 valence electrons. The molecule has 2 heterocycles. The summed E-state index contributed by atoms with van der Waals surface area (Å²) in [4.78, 5) is 35.2. The van der Waals surface area contributed by atoms with Crippen molar-refractivity contribution in [3.63, 3.8) is 0 Å². The van der Waals surface area contributed by atoms with E-state index in [1.807, 2.05) is 32.9 Å². The number of carbonyl (C=O) groups excluding carboxylic acids is 1. The number of carbonyl (C=O) groups is 1. The summed E-state index contributed by atoms with van der Waals surface area (Å²) in [6, 6.07) is 6.67. The number of nitrogens with zero attached hydrogens (tertiary/aromatic N) is 3. The second kappa shape index (κ2) is 14.9. The molecule has 1 aliphatic heterocycles. The third kappa shape index (κ3) is 9.14. The first-order valence-electron chi connectivity index (χ1n) is 16.1. The van der Waals surface area contributed by atoms with E-state index in [-0.39, 0.29) is 23.9 Å². The molecule has 1 saturated heterocycles. The summed E-state index contributed by atoms with van der Waals surface area (Å²) >= 11 is 0. The molecule has 4 rings (SSSR count). The standard InChI is InChI=1S/C35H48F3N5O2/c1-7-43(29-12-10-28(11-13-29)41(5)6)32-20-27(9-8-26-14-16-42(17-15-26)22-35(36,37)38)19-30(25(32)4)33(44)39-21-31-23(2)18-24(3)40-34(31)45/h18-20,26,28-29H,7,10-17,21-22H2,1-6H3,(H,39,44)(H,40,45). The van der Waals surface area contributed by atoms with Crippen molar-refractivity contribution in [3.8, 4) is 11.8 Å². The van der Waals surface area contributed by atoms with Gasteiger partial charge in [-0.3, -0.25) is 14.5 Å². The third-order valence-corrected chi connectivity index (χ3v) is 9.44. The zero-order valence-corrected chi connectivity index (χ0v) is 27.5. The fraction of sp³-hybridized carbons (Fsp3) is 0.600. The zero-order valence-electron chi connectivity index (χ0n) is 27.5. The van der Waals surface area contributed by atoms with Gasteiger partial charge in [0.15, 0.2) is 0 Å². The second-order valence-electron chi connectivity index (χ2n) is 12.9. The number of hydrogen-bond donors (Lipinski definition) is 2. The first-order chi connectivity index (χ1) is 21.3. The number of H-pyrrole nitrogens is 1. The number of hydrogen-bond acceptors (Lipinski definition) is 5. The van der Waals surface area contributed by atoms with Gasteiger partial charge < -0.3 is 20.1 Å². The molecule has 1 amide bonds. The van der Waals surface area contributed by atoms with Crippen LogP contribution in [0.2, 0.25) is 0 Å². The molecule has 7 nitrogen and oxygen atoms in total. The number of nitrogens with one attached hydrogen (secondary N) is 2. The molecule has 0 spiro atoms. The topological polar surface area (TPSA) is 71.7 Å². The SMILES string of the molecule is CCN(c1cc(C#CC2CCN(CC(F)(F)F)CC2)cc(C(=O)NCc2c(C)cc(C)[nH]c2=O)c1C)C1CCC(N(C)C)CC1. The average Bonchev–Trinajstić information content (AvgIpc) is 2.97. The lowest BCUT2D eigenvalue weighted by Gasteiger charge is -2.40. The number of amides is 1. The predicted octanol–water partition coefficient (Wildman–Crippen LogP) is 5.56. The highest BCUT2D eigenvalue weighted by Gasteiger charge is 2.32. The molecule has 45 heavy (non-hydrogen) atoms. The van der Waals surface area contributed by atoms with Crippen molar-refractivity contribution < 1.29 is 18.0 Å². The van der Waals surface area contributed by atoms with Crippen LogP contribution in [0.3, 0.4) is 0 Å². The molecule has 0 unspecified atom stereocenters. The van der Waals surface area contributed by atoms with E-state index in [9.17, 15) is 22.8 Å². The highest BCUT2D eigenvalue weighted by Crippen LogP contribution is 2.33. The Morgan fingerprint density at radius 1 is 1.02 bits per heavy atom. The van der Waals surface area contributed by atoms with E-state index in [0.29, 0.717) is 54.7 Å². The molecular weight excluding hydrogens is 579 g/mol. The summed E-state index contributed by atoms with van der Waals surface area (Å²) in [5.41, 5.74) is 4.97. The minimum absolute atomic E-state index is 0.00339. The Morgan fingerprint density at radius 3 is 2.24 bits per heavy atom. The maximum absolute atomic E-state index is 13.7. The van der Waals surface area contributed by atoms with Gasteiger partial charge in [0.05, 0.1) is 6.54 Å². The van der Waals surface area contributed by atoms with Crippen LogP contribution in [-0.2, 0) is 6.54 Å². The molecule has 2 aromatic rings. The lowest BCUT2D eigenvalue weighted by atomic mass is 9.88. The smallest absolute Gasteiger partial charge is 0.369 e. The number of aryl methyl sites for hydroxylation is 2. The zero-order chi connectivity index (χ0) is 32.9. The number of rotatable bonds is 8. The van der Waals surface area contributed by atoms with E-state index < -0.39 is 12.7 Å². The normalized spacial score (nSPS) is 19.7. The summed E-state index contributed by atoms with van der Waals surface area (Å²) in [6.45, 7) is 8.52. The monoisotopic (exact) mass is 627 g/mol. The summed E-state index contributed by atoms with van der Waals surface area (Å²) in [5, 5.41) is 2.97. The molecule has 2 fully saturated rings. The van der Waals surface area contributed by atoms with Gasteiger partial charge in [0, 0.05) is 59.2 Å². The largest absolute Gasteiger partial charge is 0.401 e. The number of pyridine rings is 1. The molecule has 2 N–H and O–H groups in total. The van der Waals surface area contributed by atoms with E-state index in [4.69, 9.17) is 0 Å². The lowest BCUT2D eigenvalue weighted by Crippen LogP contribution is -2.42. The number of piperidine rings is 1. The Kier molecular flexibility index (Phi) is 11.4. The van der Waals surface area contributed by atoms with Crippen molar-refractivity contribution in [1.29, 1.82) is 0 Å². The highest BCUT2D eigenvalue weighted by molar-refractivity contribution is 5.97. The predicted molar refractivity (Wildman–Crippen MR) is 174 cm³/mol. The molecule has 0 radical (unpaired) electrons. The number of alkyl halides is 3. The fourth-order valence-corrected chi connectivity index (χ4v) is 6.86. The van der Waals surface area contributed by atoms with Gasteiger partial charge in [0.2, 0.25) is 0 Å². The Hall–Kier alpha value is -3.29. The van der Waals surface area contributed by atoms with Crippen molar-refractivity contribution in [2.45, 2.75) is 91.0 Å². The van der Waals surface area contributed by atoms with Crippen LogP contribution in [0, 0.1) is 38.5 Å². The van der Waals surface area contributed by atoms with Gasteiger partial charge >= 0.3 is 6.18 Å². The van der Waals surface area contributed by atoms with Gasteiger partial charge in [-0.05, 0) is 123 Å². The van der Waals surface area contributed by atoms with E-state index in [1.165, 1.54) is 4.90 Å². The number of aromatic amines is 1. The van der Waals surface area contributed by atoms with Crippen LogP contribution in [0.4, 0.5) is 18.9 Å². The number of likely N-dealkylation sites (tertiary alicyclic amines) is 1. The van der Waals surface area contributed by atoms with Gasteiger partial charge in [-0.1, -0.05) is 11.8 Å². The van der Waals surface area contributed by atoms with Gasteiger partial charge in [-0.25, -0.2) is 0 Å². The van der Waals surface area contributed by atoms with Gasteiger partial charge in [0.25, 0.3) is 11.5 Å². The van der Waals surface area contributed by atoms with Crippen molar-refractivity contribution in [3.05, 3.63) is 62.1 Å². The minimum Gasteiger partial charge on any atom is -0.369 e. The molecule has 1 aromatic carbocycles. The Morgan fingerprint density at radius 2 is 1.67 bits per heavy atom. The number of aromatic nitrogens is 1. The van der Waals surface area contributed by atoms with Crippen molar-refractivity contribution >= 4 is 11.6 Å². The van der Waals surface area contributed by atoms with E-state index in [1.54, 1.807) is 0 Å². The first kappa shape index (κ1) is 34.6. The number of anilines is 1. The Bertz CT molecular complexity index is 1460. The summed E-state index contributed by atoms with van der Waals surface area (Å²) < 4.78 is 38.5. The van der Waals surface area contributed by atoms with Crippen molar-refractivity contribution in [2.24, 2.45) is 5.92 Å². The maximum atomic E-state index is 13.7. The summed E-state index contributed by atoms with van der Waals surface area (Å²) in [5.74, 6) is 6.31. The summed E-state index contributed by atoms with van der Waals surface area (Å²) in [7, 11) is 4.26. The Balaban J connectivity index is 1.61. The molecule has 10 heteroatoms. The Labute approximate surface area is 265 Å². The van der Waals surface area contributed by atoms with Gasteiger partial charge in [-0.2, -0.15) is 13.2 Å². The van der Waals surface area contributed by atoms with Crippen molar-refractivity contribution in [2.75, 3.05) is 45.2 Å². The number of benzene rings is 1. The van der Waals surface area contributed by atoms with Crippen LogP contribution >= 0.6 is 0 Å².